The van der Waals surface area contributed by atoms with Crippen molar-refractivity contribution in [3.8, 4) is 0 Å². The smallest absolute Gasteiger partial charge is 0.441 e. The number of halogens is 4. The maximum absolute atomic E-state index is 14.9. The molecule has 0 radical (unpaired) electrons. The summed E-state index contributed by atoms with van der Waals surface area (Å²) in [5, 5.41) is 16.4. The fourth-order valence-corrected chi connectivity index (χ4v) is 3.63. The molecule has 1 aliphatic heterocycles. The Kier molecular flexibility index (Phi) is 5.75. The normalized spacial score (nSPS) is 23.4. The van der Waals surface area contributed by atoms with Crippen molar-refractivity contribution >= 4 is 23.2 Å². The van der Waals surface area contributed by atoms with Crippen molar-refractivity contribution in [2.45, 2.75) is 56.7 Å². The van der Waals surface area contributed by atoms with Crippen LogP contribution in [0, 0.1) is 0 Å². The Labute approximate surface area is 195 Å². The van der Waals surface area contributed by atoms with Gasteiger partial charge in [0.15, 0.2) is 23.9 Å². The zero-order valence-corrected chi connectivity index (χ0v) is 18.3. The van der Waals surface area contributed by atoms with Crippen molar-refractivity contribution in [2.75, 3.05) is 11.9 Å². The number of nitrogens with zero attached hydrogens (tertiary/aromatic N) is 4. The average molecular weight is 499 g/mol. The molecule has 1 saturated carbocycles. The van der Waals surface area contributed by atoms with Gasteiger partial charge >= 0.3 is 12.5 Å². The fourth-order valence-electron chi connectivity index (χ4n) is 3.63. The van der Waals surface area contributed by atoms with Crippen LogP contribution in [0.2, 0.25) is 0 Å². The Morgan fingerprint density at radius 2 is 2.17 bits per heavy atom. The molecule has 1 aliphatic carbocycles. The molecular formula is C20H21F4N7O4. The first-order valence-corrected chi connectivity index (χ1v) is 10.7. The molecule has 0 unspecified atom stereocenters. The van der Waals surface area contributed by atoms with Gasteiger partial charge in [0, 0.05) is 24.0 Å². The van der Waals surface area contributed by atoms with Gasteiger partial charge < -0.3 is 20.1 Å². The van der Waals surface area contributed by atoms with Gasteiger partial charge in [0.2, 0.25) is 0 Å². The van der Waals surface area contributed by atoms with E-state index >= 15 is 0 Å². The molecule has 2 aliphatic rings. The van der Waals surface area contributed by atoms with Crippen LogP contribution < -0.4 is 10.6 Å². The number of H-pyrrole nitrogens is 1. The highest BCUT2D eigenvalue weighted by atomic mass is 19.4. The number of alkyl halides is 4. The van der Waals surface area contributed by atoms with Crippen LogP contribution in [-0.4, -0.2) is 61.7 Å². The lowest BCUT2D eigenvalue weighted by molar-refractivity contribution is -0.330. The summed E-state index contributed by atoms with van der Waals surface area (Å²) in [6.45, 7) is 1.01. The molecule has 3 aromatic heterocycles. The molecule has 2 fully saturated rings. The van der Waals surface area contributed by atoms with Gasteiger partial charge in [-0.25, -0.2) is 18.7 Å². The second-order valence-electron chi connectivity index (χ2n) is 8.64. The third-order valence-electron chi connectivity index (χ3n) is 5.72. The number of amides is 1. The van der Waals surface area contributed by atoms with Crippen LogP contribution in [0.3, 0.4) is 0 Å². The SMILES string of the molecule is CC1(NC(=O)O[C@@H]2CO[C@H](c3cc(Nc4nccn5nc(COC(F)(F)F)cc45)n[nH]3)[C@@H]2F)CC1. The number of aromatic nitrogens is 5. The van der Waals surface area contributed by atoms with Gasteiger partial charge in [-0.05, 0) is 25.8 Å². The van der Waals surface area contributed by atoms with Crippen molar-refractivity contribution in [1.82, 2.24) is 30.1 Å². The van der Waals surface area contributed by atoms with Gasteiger partial charge in [0.1, 0.15) is 18.2 Å². The van der Waals surface area contributed by atoms with Crippen molar-refractivity contribution in [2.24, 2.45) is 0 Å². The summed E-state index contributed by atoms with van der Waals surface area (Å²) in [7, 11) is 0. The van der Waals surface area contributed by atoms with E-state index in [9.17, 15) is 22.4 Å². The number of alkyl carbamates (subject to hydrolysis) is 1. The zero-order valence-electron chi connectivity index (χ0n) is 18.3. The van der Waals surface area contributed by atoms with E-state index in [1.54, 1.807) is 0 Å². The lowest BCUT2D eigenvalue weighted by Crippen LogP contribution is -2.39. The number of anilines is 2. The number of carbonyl (C=O) groups excluding carboxylic acids is 1. The molecule has 0 aromatic carbocycles. The summed E-state index contributed by atoms with van der Waals surface area (Å²) in [6, 6.07) is 2.89. The minimum atomic E-state index is -4.78. The molecule has 5 rings (SSSR count). The molecular weight excluding hydrogens is 478 g/mol. The Balaban J connectivity index is 1.24. The first kappa shape index (κ1) is 23.3. The molecule has 15 heteroatoms. The van der Waals surface area contributed by atoms with Crippen molar-refractivity contribution in [3.05, 3.63) is 35.9 Å². The van der Waals surface area contributed by atoms with Crippen LogP contribution in [0.5, 0.6) is 0 Å². The fraction of sp³-hybridized carbons (Fsp3) is 0.500. The maximum atomic E-state index is 14.9. The number of hydrogen-bond donors (Lipinski definition) is 3. The first-order valence-electron chi connectivity index (χ1n) is 10.7. The van der Waals surface area contributed by atoms with Gasteiger partial charge in [0.05, 0.1) is 18.0 Å². The number of aromatic amines is 1. The number of rotatable bonds is 7. The van der Waals surface area contributed by atoms with Gasteiger partial charge in [-0.1, -0.05) is 0 Å². The van der Waals surface area contributed by atoms with Gasteiger partial charge in [-0.3, -0.25) is 9.84 Å². The summed E-state index contributed by atoms with van der Waals surface area (Å²) in [6.07, 6.45) is -4.62. The Hall–Kier alpha value is -3.46. The molecule has 1 amide bonds. The van der Waals surface area contributed by atoms with Crippen LogP contribution in [0.4, 0.5) is 34.0 Å². The number of fused-ring (bicyclic) bond motifs is 1. The molecule has 3 aromatic rings. The van der Waals surface area contributed by atoms with Crippen molar-refractivity contribution in [3.63, 3.8) is 0 Å². The summed E-state index contributed by atoms with van der Waals surface area (Å²) < 4.78 is 67.7. The molecule has 3 N–H and O–H groups in total. The van der Waals surface area contributed by atoms with E-state index in [0.717, 1.165) is 12.8 Å². The highest BCUT2D eigenvalue weighted by molar-refractivity contribution is 5.72. The highest BCUT2D eigenvalue weighted by Crippen LogP contribution is 2.36. The standard InChI is InChI=1S/C20H21F4N7O4/c1-19(2-3-19)27-18(32)35-13-9-33-16(15(13)21)11-7-14(29-28-11)26-17-12-6-10(8-34-20(22,23)24)30-31(12)5-4-25-17/h4-7,13,15-16H,2-3,8-9H2,1H3,(H,27,32)(H2,25,26,28,29)/t13-,15-,16-/m1/s1. The topological polar surface area (TPSA) is 128 Å². The molecule has 35 heavy (non-hydrogen) atoms. The summed E-state index contributed by atoms with van der Waals surface area (Å²) in [5.74, 6) is 0.515. The third kappa shape index (κ3) is 5.30. The van der Waals surface area contributed by atoms with E-state index in [1.165, 1.54) is 29.0 Å². The van der Waals surface area contributed by atoms with Crippen molar-refractivity contribution < 1.29 is 36.6 Å². The molecule has 0 spiro atoms. The Bertz CT molecular complexity index is 1230. The van der Waals surface area contributed by atoms with Crippen LogP contribution in [0.15, 0.2) is 24.5 Å². The zero-order chi connectivity index (χ0) is 24.8. The Morgan fingerprint density at radius 3 is 2.91 bits per heavy atom. The molecule has 4 heterocycles. The van der Waals surface area contributed by atoms with Crippen molar-refractivity contribution in [1.29, 1.82) is 0 Å². The van der Waals surface area contributed by atoms with Gasteiger partial charge in [-0.15, -0.1) is 13.2 Å². The number of ether oxygens (including phenoxy) is 3. The largest absolute Gasteiger partial charge is 0.522 e. The summed E-state index contributed by atoms with van der Waals surface area (Å²) in [4.78, 5) is 16.2. The highest BCUT2D eigenvalue weighted by Gasteiger charge is 2.44. The molecule has 0 bridgehead atoms. The van der Waals surface area contributed by atoms with E-state index in [1.807, 2.05) is 6.92 Å². The molecule has 188 valence electrons. The Morgan fingerprint density at radius 1 is 1.37 bits per heavy atom. The molecule has 1 saturated heterocycles. The van der Waals surface area contributed by atoms with E-state index in [0.29, 0.717) is 11.2 Å². The van der Waals surface area contributed by atoms with E-state index in [4.69, 9.17) is 9.47 Å². The van der Waals surface area contributed by atoms with E-state index in [-0.39, 0.29) is 29.5 Å². The predicted octanol–water partition coefficient (Wildman–Crippen LogP) is 3.29. The van der Waals surface area contributed by atoms with Crippen LogP contribution in [-0.2, 0) is 20.8 Å². The summed E-state index contributed by atoms with van der Waals surface area (Å²) >= 11 is 0. The van der Waals surface area contributed by atoms with E-state index in [2.05, 4.69) is 35.7 Å². The number of hydrogen-bond acceptors (Lipinski definition) is 8. The van der Waals surface area contributed by atoms with Crippen LogP contribution >= 0.6 is 0 Å². The molecule has 11 nitrogen and oxygen atoms in total. The first-order chi connectivity index (χ1) is 16.6. The van der Waals surface area contributed by atoms with Crippen LogP contribution in [0.25, 0.3) is 5.52 Å². The minimum Gasteiger partial charge on any atom is -0.441 e. The molecule has 3 atom stereocenters. The quantitative estimate of drug-likeness (QED) is 0.423. The lowest BCUT2D eigenvalue weighted by Gasteiger charge is -2.17. The second-order valence-corrected chi connectivity index (χ2v) is 8.64. The van der Waals surface area contributed by atoms with Crippen LogP contribution in [0.1, 0.15) is 37.3 Å². The maximum Gasteiger partial charge on any atom is 0.522 e. The predicted molar refractivity (Wildman–Crippen MR) is 110 cm³/mol. The van der Waals surface area contributed by atoms with Gasteiger partial charge in [-0.2, -0.15) is 10.2 Å². The van der Waals surface area contributed by atoms with Gasteiger partial charge in [0.25, 0.3) is 0 Å². The third-order valence-corrected chi connectivity index (χ3v) is 5.72. The minimum absolute atomic E-state index is 0.0477. The lowest BCUT2D eigenvalue weighted by atomic mass is 10.1. The number of nitrogens with one attached hydrogen (secondary N) is 3. The number of carbonyl (C=O) groups is 1. The summed E-state index contributed by atoms with van der Waals surface area (Å²) in [5.41, 5.74) is 0.443. The average Bonchev–Trinajstić information content (AvgIpc) is 3.14. The monoisotopic (exact) mass is 499 g/mol. The van der Waals surface area contributed by atoms with E-state index < -0.39 is 37.4 Å². The second kappa shape index (κ2) is 8.64.